The van der Waals surface area contributed by atoms with Gasteiger partial charge in [-0.1, -0.05) is 70.9 Å². The summed E-state index contributed by atoms with van der Waals surface area (Å²) >= 11 is 1.29. The first kappa shape index (κ1) is 75.8. The topological polar surface area (TPSA) is 487 Å². The lowest BCUT2D eigenvalue weighted by atomic mass is 9.98. The number of rotatable bonds is 39. The molecule has 0 spiro atoms. The fraction of sp³-hybridized carbons (Fsp3) is 0.625. The van der Waals surface area contributed by atoms with Gasteiger partial charge in [-0.3, -0.25) is 71.9 Å². The second-order valence-electron chi connectivity index (χ2n) is 21.8. The molecule has 0 aromatic heterocycles. The van der Waals surface area contributed by atoms with Crippen molar-refractivity contribution in [2.24, 2.45) is 17.6 Å². The van der Waals surface area contributed by atoms with Crippen LogP contribution in [-0.4, -0.2) is 213 Å². The van der Waals surface area contributed by atoms with Crippen LogP contribution in [0.3, 0.4) is 0 Å². The first-order valence-electron chi connectivity index (χ1n) is 28.7. The number of hydrogen-bond donors (Lipinski definition) is 15. The number of hydrogen-bond acceptors (Lipinski definition) is 18. The fourth-order valence-corrected chi connectivity index (χ4v) is 9.46. The minimum Gasteiger partial charge on any atom is -0.481 e. The predicted octanol–water partition coefficient (Wildman–Crippen LogP) is -4.34. The zero-order chi connectivity index (χ0) is 66.5. The number of aliphatic hydroxyl groups is 2. The zero-order valence-corrected chi connectivity index (χ0v) is 51.5. The Balaban J connectivity index is 2.20. The number of carboxylic acids is 2. The van der Waals surface area contributed by atoms with Crippen molar-refractivity contribution in [3.05, 3.63) is 35.4 Å². The summed E-state index contributed by atoms with van der Waals surface area (Å²) in [6.45, 7) is 8.24. The van der Waals surface area contributed by atoms with Crippen LogP contribution in [0.1, 0.15) is 110 Å². The molecule has 0 radical (unpaired) electrons. The second kappa shape index (κ2) is 38.1. The number of benzene rings is 1. The summed E-state index contributed by atoms with van der Waals surface area (Å²) in [5.74, 6) is -16.1. The third kappa shape index (κ3) is 25.6. The van der Waals surface area contributed by atoms with Crippen LogP contribution in [0.2, 0.25) is 0 Å². The molecule has 1 saturated heterocycles. The fourth-order valence-electron chi connectivity index (χ4n) is 8.99. The maximum absolute atomic E-state index is 14.3. The highest BCUT2D eigenvalue weighted by Crippen LogP contribution is 2.22. The van der Waals surface area contributed by atoms with E-state index >= 15 is 0 Å². The molecule has 31 nitrogen and oxygen atoms in total. The lowest BCUT2D eigenvalue weighted by Crippen LogP contribution is -2.61. The van der Waals surface area contributed by atoms with Crippen molar-refractivity contribution in [3.8, 4) is 0 Å². The molecule has 32 heteroatoms. The van der Waals surface area contributed by atoms with Crippen LogP contribution in [0.4, 0.5) is 0 Å². The summed E-state index contributed by atoms with van der Waals surface area (Å²) in [6, 6.07) is -7.49. The summed E-state index contributed by atoms with van der Waals surface area (Å²) in [6.07, 6.45) is 0.138. The van der Waals surface area contributed by atoms with Crippen molar-refractivity contribution in [1.82, 2.24) is 58.1 Å². The SMILES string of the molecule is CCC[C@H](NC(=O)[C@@H]1CCCN1C(=O)[C@@H](NC(=O)C(NC(=O)[C@H](CCC(=O)O)NC(=O)[C@H](CCC(=O)O)NC(C)=O)C(C)C)C(C)C)C(=O)C(=O)NCC(=O)N[C@H](CCSC)C(=O)N[C@H](CO)C(=O)N[C@@H](Cc1ccc(C)cc1)C(=O)N[C@@H](CO)C(N)=O. The number of thioether (sulfide) groups is 1. The molecule has 0 aliphatic carbocycles. The summed E-state index contributed by atoms with van der Waals surface area (Å²) in [7, 11) is 0. The number of ketones is 1. The van der Waals surface area contributed by atoms with Crippen molar-refractivity contribution >= 4 is 100 Å². The Hall–Kier alpha value is -8.26. The zero-order valence-electron chi connectivity index (χ0n) is 50.7. The maximum Gasteiger partial charge on any atom is 0.303 e. The number of amides is 12. The third-order valence-corrected chi connectivity index (χ3v) is 14.5. The molecule has 1 fully saturated rings. The smallest absolute Gasteiger partial charge is 0.303 e. The van der Waals surface area contributed by atoms with Gasteiger partial charge in [-0.25, -0.2) is 0 Å². The molecule has 2 rings (SSSR count). The molecule has 12 amide bonds. The first-order chi connectivity index (χ1) is 41.4. The number of carbonyl (C=O) groups excluding carboxylic acids is 13. The second-order valence-corrected chi connectivity index (χ2v) is 22.8. The van der Waals surface area contributed by atoms with Crippen LogP contribution in [0.5, 0.6) is 0 Å². The van der Waals surface area contributed by atoms with Gasteiger partial charge in [-0.2, -0.15) is 11.8 Å². The van der Waals surface area contributed by atoms with Crippen LogP contribution < -0.4 is 58.9 Å². The number of nitrogens with zero attached hydrogens (tertiary/aromatic N) is 1. The Morgan fingerprint density at radius 1 is 0.602 bits per heavy atom. The molecule has 1 aliphatic rings. The van der Waals surface area contributed by atoms with Crippen molar-refractivity contribution in [2.75, 3.05) is 38.3 Å². The average Bonchev–Trinajstić information content (AvgIpc) is 3.98. The van der Waals surface area contributed by atoms with Crippen LogP contribution in [0.15, 0.2) is 24.3 Å². The van der Waals surface area contributed by atoms with E-state index in [1.807, 2.05) is 6.92 Å². The molecule has 1 aromatic rings. The van der Waals surface area contributed by atoms with E-state index in [2.05, 4.69) is 53.2 Å². The molecule has 1 aromatic carbocycles. The van der Waals surface area contributed by atoms with Crippen molar-refractivity contribution in [1.29, 1.82) is 0 Å². The standard InChI is InChI=1S/C56H86N12O19S/c1-9-11-33(46(77)55(86)58-25-41(72)60-36(21-23-88-8)49(80)65-39(27-70)52(83)63-37(24-32-15-13-30(6)14-16-32)51(82)64-38(26-69)47(57)78)61-53(84)40-12-10-22-68(40)56(87)45(29(4)5)67-54(85)44(28(2)3)66-50(81)35(18-20-43(75)76)62-48(79)34(59-31(7)71)17-19-42(73)74/h13-16,28-29,33-40,44-45,69-70H,9-12,17-27H2,1-8H3,(H2,57,78)(H,58,86)(H,59,71)(H,60,72)(H,61,84)(H,62,79)(H,63,83)(H,64,82)(H,65,80)(H,66,81)(H,67,85)(H,73,74)(H,75,76)/t33-,34-,35-,36+,37-,38-,39+,40-,44?,45-/m0/s1. The quantitative estimate of drug-likeness (QED) is 0.0277. The Kier molecular flexibility index (Phi) is 32.8. The molecule has 10 atom stereocenters. The number of Topliss-reactive ketones (excluding diaryl/α,β-unsaturated/α-hetero) is 1. The van der Waals surface area contributed by atoms with Crippen molar-refractivity contribution in [3.63, 3.8) is 0 Å². The molecule has 490 valence electrons. The van der Waals surface area contributed by atoms with Gasteiger partial charge in [0.25, 0.3) is 5.91 Å². The number of carboxylic acid groups (broad SMARTS) is 2. The summed E-state index contributed by atoms with van der Waals surface area (Å²) < 4.78 is 0. The molecule has 16 N–H and O–H groups in total. The normalized spacial score (nSPS) is 15.9. The number of aliphatic hydroxyl groups excluding tert-OH is 2. The molecular formula is C56H86N12O19S. The maximum atomic E-state index is 14.3. The number of aryl methyl sites for hydroxylation is 1. The number of likely N-dealkylation sites (tertiary alicyclic amines) is 1. The summed E-state index contributed by atoms with van der Waals surface area (Å²) in [5, 5.41) is 62.3. The van der Waals surface area contributed by atoms with E-state index in [1.165, 1.54) is 16.7 Å². The molecular weight excluding hydrogens is 1180 g/mol. The lowest BCUT2D eigenvalue weighted by molar-refractivity contribution is -0.144. The van der Waals surface area contributed by atoms with Gasteiger partial charge in [0, 0.05) is 32.7 Å². The molecule has 88 heavy (non-hydrogen) atoms. The predicted molar refractivity (Wildman–Crippen MR) is 315 cm³/mol. The van der Waals surface area contributed by atoms with Gasteiger partial charge in [0.05, 0.1) is 25.8 Å². The summed E-state index contributed by atoms with van der Waals surface area (Å²) in [4.78, 5) is 198. The Morgan fingerprint density at radius 3 is 1.60 bits per heavy atom. The van der Waals surface area contributed by atoms with E-state index < -0.39 is 200 Å². The van der Waals surface area contributed by atoms with Crippen LogP contribution in [0, 0.1) is 18.8 Å². The third-order valence-electron chi connectivity index (χ3n) is 13.9. The van der Waals surface area contributed by atoms with Gasteiger partial charge in [0.2, 0.25) is 70.8 Å². The highest BCUT2D eigenvalue weighted by Gasteiger charge is 2.42. The monoisotopic (exact) mass is 1260 g/mol. The van der Waals surface area contributed by atoms with E-state index in [-0.39, 0.29) is 50.8 Å². The van der Waals surface area contributed by atoms with Crippen LogP contribution in [-0.2, 0) is 78.3 Å². The van der Waals surface area contributed by atoms with E-state index in [4.69, 9.17) is 10.8 Å². The number of primary amides is 1. The Bertz CT molecular complexity index is 2660. The molecule has 1 aliphatic heterocycles. The van der Waals surface area contributed by atoms with Crippen molar-refractivity contribution in [2.45, 2.75) is 173 Å². The average molecular weight is 1260 g/mol. The Morgan fingerprint density at radius 2 is 1.09 bits per heavy atom. The molecule has 0 saturated carbocycles. The number of aliphatic carboxylic acids is 2. The molecule has 1 heterocycles. The highest BCUT2D eigenvalue weighted by atomic mass is 32.2. The molecule has 0 bridgehead atoms. The largest absolute Gasteiger partial charge is 0.481 e. The number of nitrogens with one attached hydrogen (secondary N) is 10. The van der Waals surface area contributed by atoms with Crippen molar-refractivity contribution < 1.29 is 92.3 Å². The van der Waals surface area contributed by atoms with Crippen LogP contribution >= 0.6 is 11.8 Å². The van der Waals surface area contributed by atoms with Gasteiger partial charge >= 0.3 is 11.9 Å². The van der Waals surface area contributed by atoms with E-state index in [1.54, 1.807) is 65.1 Å². The number of nitrogens with two attached hydrogens (primary N) is 1. The molecule has 1 unspecified atom stereocenters. The van der Waals surface area contributed by atoms with Crippen LogP contribution in [0.25, 0.3) is 0 Å². The first-order valence-corrected chi connectivity index (χ1v) is 30.1. The number of carbonyl (C=O) groups is 15. The van der Waals surface area contributed by atoms with E-state index in [0.717, 1.165) is 12.5 Å². The van der Waals surface area contributed by atoms with Gasteiger partial charge in [0.1, 0.15) is 54.4 Å². The lowest BCUT2D eigenvalue weighted by Gasteiger charge is -2.33. The van der Waals surface area contributed by atoms with Gasteiger partial charge in [-0.05, 0) is 74.9 Å². The van der Waals surface area contributed by atoms with E-state index in [0.29, 0.717) is 12.0 Å². The highest BCUT2D eigenvalue weighted by molar-refractivity contribution is 7.98. The summed E-state index contributed by atoms with van der Waals surface area (Å²) in [5.41, 5.74) is 6.73. The van der Waals surface area contributed by atoms with Gasteiger partial charge in [-0.15, -0.1) is 0 Å². The van der Waals surface area contributed by atoms with E-state index in [9.17, 15) is 87.2 Å². The van der Waals surface area contributed by atoms with Gasteiger partial charge in [0.15, 0.2) is 0 Å². The minimum absolute atomic E-state index is 0.0307. The Labute approximate surface area is 513 Å². The minimum atomic E-state index is -1.69. The van der Waals surface area contributed by atoms with Gasteiger partial charge < -0.3 is 84.2 Å².